The van der Waals surface area contributed by atoms with Crippen molar-refractivity contribution in [2.75, 3.05) is 13.6 Å². The van der Waals surface area contributed by atoms with Crippen molar-refractivity contribution < 1.29 is 0 Å². The summed E-state index contributed by atoms with van der Waals surface area (Å²) in [5.74, 6) is 2.70. The first-order chi connectivity index (χ1) is 8.13. The van der Waals surface area contributed by atoms with Gasteiger partial charge in [-0.05, 0) is 50.6 Å². The lowest BCUT2D eigenvalue weighted by molar-refractivity contribution is 0.303. The Bertz CT molecular complexity index is 156. The molecule has 3 atom stereocenters. The summed E-state index contributed by atoms with van der Waals surface area (Å²) in [5.41, 5.74) is 0. The van der Waals surface area contributed by atoms with E-state index in [1.54, 1.807) is 0 Å². The molecule has 1 N–H and O–H groups in total. The van der Waals surface area contributed by atoms with Gasteiger partial charge in [-0.1, -0.05) is 53.4 Å². The van der Waals surface area contributed by atoms with E-state index in [-0.39, 0.29) is 0 Å². The summed E-state index contributed by atoms with van der Waals surface area (Å²) in [4.78, 5) is 0. The fourth-order valence-corrected chi connectivity index (χ4v) is 3.05. The van der Waals surface area contributed by atoms with Crippen LogP contribution in [-0.4, -0.2) is 13.6 Å². The maximum Gasteiger partial charge on any atom is -0.00234 e. The highest BCUT2D eigenvalue weighted by Crippen LogP contribution is 2.24. The lowest BCUT2D eigenvalue weighted by Gasteiger charge is -2.23. The fraction of sp³-hybridized carbons (Fsp3) is 1.00. The zero-order valence-corrected chi connectivity index (χ0v) is 12.9. The maximum absolute atomic E-state index is 3.36. The Labute approximate surface area is 110 Å². The van der Waals surface area contributed by atoms with Gasteiger partial charge in [0.25, 0.3) is 0 Å². The van der Waals surface area contributed by atoms with Gasteiger partial charge in [-0.15, -0.1) is 0 Å². The number of nitrogens with one attached hydrogen (secondary N) is 1. The second kappa shape index (κ2) is 11.1. The minimum Gasteiger partial charge on any atom is -0.319 e. The Morgan fingerprint density at radius 2 is 1.59 bits per heavy atom. The van der Waals surface area contributed by atoms with Gasteiger partial charge in [-0.25, -0.2) is 0 Å². The molecule has 3 unspecified atom stereocenters. The van der Waals surface area contributed by atoms with Crippen LogP contribution in [0.25, 0.3) is 0 Å². The maximum atomic E-state index is 3.36. The van der Waals surface area contributed by atoms with Gasteiger partial charge >= 0.3 is 0 Å². The molecule has 0 fully saturated rings. The Morgan fingerprint density at radius 3 is 2.12 bits per heavy atom. The van der Waals surface area contributed by atoms with Crippen LogP contribution in [0.5, 0.6) is 0 Å². The first kappa shape index (κ1) is 17.0. The third-order valence-electron chi connectivity index (χ3n) is 3.78. The first-order valence-electron chi connectivity index (χ1n) is 7.78. The van der Waals surface area contributed by atoms with Gasteiger partial charge in [0.05, 0.1) is 0 Å². The van der Waals surface area contributed by atoms with Crippen LogP contribution >= 0.6 is 0 Å². The van der Waals surface area contributed by atoms with Crippen molar-refractivity contribution in [3.8, 4) is 0 Å². The van der Waals surface area contributed by atoms with E-state index in [4.69, 9.17) is 0 Å². The summed E-state index contributed by atoms with van der Waals surface area (Å²) >= 11 is 0. The van der Waals surface area contributed by atoms with Crippen LogP contribution in [0.2, 0.25) is 0 Å². The molecule has 0 saturated heterocycles. The van der Waals surface area contributed by atoms with E-state index in [2.05, 4.69) is 40.1 Å². The van der Waals surface area contributed by atoms with E-state index in [0.717, 1.165) is 17.8 Å². The Balaban J connectivity index is 3.88. The number of unbranched alkanes of at least 4 members (excludes halogenated alkanes) is 1. The topological polar surface area (TPSA) is 12.0 Å². The molecule has 0 saturated carbocycles. The first-order valence-corrected chi connectivity index (χ1v) is 7.78. The molecule has 0 aromatic rings. The molecule has 0 radical (unpaired) electrons. The molecule has 104 valence electrons. The second-order valence-corrected chi connectivity index (χ2v) is 6.04. The fourth-order valence-electron chi connectivity index (χ4n) is 3.05. The van der Waals surface area contributed by atoms with Crippen LogP contribution in [0.4, 0.5) is 0 Å². The molecular formula is C16H35N. The molecule has 0 amide bonds. The van der Waals surface area contributed by atoms with Crippen molar-refractivity contribution in [1.29, 1.82) is 0 Å². The molecule has 1 heteroatoms. The minimum absolute atomic E-state index is 0.892. The molecule has 0 rings (SSSR count). The third-order valence-corrected chi connectivity index (χ3v) is 3.78. The average molecular weight is 241 g/mol. The van der Waals surface area contributed by atoms with E-state index in [9.17, 15) is 0 Å². The van der Waals surface area contributed by atoms with E-state index < -0.39 is 0 Å². The van der Waals surface area contributed by atoms with Crippen molar-refractivity contribution in [1.82, 2.24) is 5.32 Å². The zero-order valence-electron chi connectivity index (χ0n) is 12.9. The summed E-state index contributed by atoms with van der Waals surface area (Å²) in [6, 6.07) is 0. The minimum atomic E-state index is 0.892. The van der Waals surface area contributed by atoms with Gasteiger partial charge in [-0.3, -0.25) is 0 Å². The molecule has 0 heterocycles. The number of rotatable bonds is 11. The summed E-state index contributed by atoms with van der Waals surface area (Å²) in [6.07, 6.45) is 9.70. The summed E-state index contributed by atoms with van der Waals surface area (Å²) in [5, 5.41) is 3.36. The summed E-state index contributed by atoms with van der Waals surface area (Å²) in [6.45, 7) is 10.7. The van der Waals surface area contributed by atoms with Crippen molar-refractivity contribution >= 4 is 0 Å². The van der Waals surface area contributed by atoms with E-state index >= 15 is 0 Å². The standard InChI is InChI=1S/C16H35N/c1-6-8-10-16(13-17-5)12-15(4)11-14(3)9-7-2/h14-17H,6-13H2,1-5H3. The van der Waals surface area contributed by atoms with Crippen LogP contribution in [0.1, 0.15) is 72.6 Å². The number of hydrogen-bond acceptors (Lipinski definition) is 1. The molecule has 0 aliphatic rings. The normalized spacial score (nSPS) is 16.8. The molecule has 0 aromatic carbocycles. The summed E-state index contributed by atoms with van der Waals surface area (Å²) in [7, 11) is 2.09. The molecule has 0 bridgehead atoms. The van der Waals surface area contributed by atoms with Crippen LogP contribution in [-0.2, 0) is 0 Å². The quantitative estimate of drug-likeness (QED) is 0.544. The van der Waals surface area contributed by atoms with E-state index in [1.165, 1.54) is 51.5 Å². The molecular weight excluding hydrogens is 206 g/mol. The largest absolute Gasteiger partial charge is 0.319 e. The number of hydrogen-bond donors (Lipinski definition) is 1. The van der Waals surface area contributed by atoms with Crippen LogP contribution in [0.15, 0.2) is 0 Å². The van der Waals surface area contributed by atoms with Gasteiger partial charge in [0.15, 0.2) is 0 Å². The van der Waals surface area contributed by atoms with Crippen molar-refractivity contribution in [2.45, 2.75) is 72.6 Å². The molecule has 17 heavy (non-hydrogen) atoms. The average Bonchev–Trinajstić information content (AvgIpc) is 2.26. The van der Waals surface area contributed by atoms with Gasteiger partial charge < -0.3 is 5.32 Å². The molecule has 1 nitrogen and oxygen atoms in total. The smallest absolute Gasteiger partial charge is 0.00234 e. The zero-order chi connectivity index (χ0) is 13.1. The lowest BCUT2D eigenvalue weighted by atomic mass is 9.85. The van der Waals surface area contributed by atoms with E-state index in [1.807, 2.05) is 0 Å². The highest BCUT2D eigenvalue weighted by Gasteiger charge is 2.14. The highest BCUT2D eigenvalue weighted by atomic mass is 14.8. The van der Waals surface area contributed by atoms with Crippen LogP contribution < -0.4 is 5.32 Å². The van der Waals surface area contributed by atoms with Crippen LogP contribution in [0, 0.1) is 17.8 Å². The van der Waals surface area contributed by atoms with Crippen LogP contribution in [0.3, 0.4) is 0 Å². The van der Waals surface area contributed by atoms with Gasteiger partial charge in [0.1, 0.15) is 0 Å². The summed E-state index contributed by atoms with van der Waals surface area (Å²) < 4.78 is 0. The SMILES string of the molecule is CCCCC(CNC)CC(C)CC(C)CCC. The Morgan fingerprint density at radius 1 is 0.882 bits per heavy atom. The predicted octanol–water partition coefficient (Wildman–Crippen LogP) is 4.86. The molecule has 0 aliphatic carbocycles. The Kier molecular flexibility index (Phi) is 11.0. The second-order valence-electron chi connectivity index (χ2n) is 6.04. The molecule has 0 spiro atoms. The molecule has 0 aromatic heterocycles. The monoisotopic (exact) mass is 241 g/mol. The van der Waals surface area contributed by atoms with Crippen molar-refractivity contribution in [2.24, 2.45) is 17.8 Å². The van der Waals surface area contributed by atoms with Gasteiger partial charge in [0.2, 0.25) is 0 Å². The predicted molar refractivity (Wildman–Crippen MR) is 79.4 cm³/mol. The molecule has 0 aliphatic heterocycles. The third kappa shape index (κ3) is 9.64. The lowest BCUT2D eigenvalue weighted by Crippen LogP contribution is -2.21. The van der Waals surface area contributed by atoms with E-state index in [0.29, 0.717) is 0 Å². The highest BCUT2D eigenvalue weighted by molar-refractivity contribution is 4.68. The van der Waals surface area contributed by atoms with Crippen molar-refractivity contribution in [3.05, 3.63) is 0 Å². The van der Waals surface area contributed by atoms with Gasteiger partial charge in [0, 0.05) is 0 Å². The van der Waals surface area contributed by atoms with Crippen molar-refractivity contribution in [3.63, 3.8) is 0 Å². The van der Waals surface area contributed by atoms with Gasteiger partial charge in [-0.2, -0.15) is 0 Å². The Hall–Kier alpha value is -0.0400.